The van der Waals surface area contributed by atoms with Crippen molar-refractivity contribution in [2.45, 2.75) is 58.0 Å². The van der Waals surface area contributed by atoms with Gasteiger partial charge in [0, 0.05) is 11.3 Å². The standard InChI is InChI=1S/C20H25N7O/c1-20(2,3)14-7-9-15(10-8-14)27-18-6-4-5-17(16(18)11-22-27)23-19(28)12-26-13-21-24-25-26/h7-11,13,17H,4-6,12H2,1-3H3,(H,23,28). The lowest BCUT2D eigenvalue weighted by atomic mass is 9.87. The van der Waals surface area contributed by atoms with Crippen molar-refractivity contribution in [2.75, 3.05) is 0 Å². The van der Waals surface area contributed by atoms with Crippen LogP contribution in [0.5, 0.6) is 0 Å². The minimum absolute atomic E-state index is 0.0321. The van der Waals surface area contributed by atoms with Crippen LogP contribution in [-0.4, -0.2) is 35.9 Å². The Balaban J connectivity index is 1.53. The molecule has 8 heteroatoms. The maximum atomic E-state index is 12.3. The summed E-state index contributed by atoms with van der Waals surface area (Å²) < 4.78 is 3.42. The Morgan fingerprint density at radius 1 is 1.25 bits per heavy atom. The fourth-order valence-corrected chi connectivity index (χ4v) is 3.67. The summed E-state index contributed by atoms with van der Waals surface area (Å²) in [5.41, 5.74) is 4.73. The molecule has 0 bridgehead atoms. The van der Waals surface area contributed by atoms with E-state index in [9.17, 15) is 4.79 Å². The lowest BCUT2D eigenvalue weighted by Gasteiger charge is -2.24. The molecule has 0 radical (unpaired) electrons. The molecule has 1 N–H and O–H groups in total. The van der Waals surface area contributed by atoms with Crippen LogP contribution in [0.2, 0.25) is 0 Å². The number of fused-ring (bicyclic) bond motifs is 1. The minimum Gasteiger partial charge on any atom is -0.348 e. The summed E-state index contributed by atoms with van der Waals surface area (Å²) in [6.45, 7) is 6.74. The fraction of sp³-hybridized carbons (Fsp3) is 0.450. The van der Waals surface area contributed by atoms with Gasteiger partial charge in [-0.2, -0.15) is 5.10 Å². The molecule has 2 aromatic heterocycles. The van der Waals surface area contributed by atoms with Crippen molar-refractivity contribution in [3.63, 3.8) is 0 Å². The number of carbonyl (C=O) groups is 1. The van der Waals surface area contributed by atoms with Gasteiger partial charge in [0.2, 0.25) is 5.91 Å². The quantitative estimate of drug-likeness (QED) is 0.751. The molecule has 28 heavy (non-hydrogen) atoms. The minimum atomic E-state index is -0.104. The van der Waals surface area contributed by atoms with E-state index in [-0.39, 0.29) is 23.9 Å². The third-order valence-corrected chi connectivity index (χ3v) is 5.19. The van der Waals surface area contributed by atoms with Crippen LogP contribution in [0.4, 0.5) is 0 Å². The lowest BCUT2D eigenvalue weighted by molar-refractivity contribution is -0.122. The van der Waals surface area contributed by atoms with E-state index >= 15 is 0 Å². The third-order valence-electron chi connectivity index (χ3n) is 5.19. The largest absolute Gasteiger partial charge is 0.348 e. The van der Waals surface area contributed by atoms with Crippen LogP contribution in [0.25, 0.3) is 5.69 Å². The first-order valence-electron chi connectivity index (χ1n) is 9.59. The lowest BCUT2D eigenvalue weighted by Crippen LogP contribution is -2.33. The van der Waals surface area contributed by atoms with Crippen molar-refractivity contribution in [3.05, 3.63) is 53.6 Å². The smallest absolute Gasteiger partial charge is 0.242 e. The zero-order valence-electron chi connectivity index (χ0n) is 16.5. The Morgan fingerprint density at radius 3 is 2.71 bits per heavy atom. The van der Waals surface area contributed by atoms with E-state index in [0.717, 1.165) is 30.5 Å². The highest BCUT2D eigenvalue weighted by atomic mass is 16.2. The highest BCUT2D eigenvalue weighted by Crippen LogP contribution is 2.31. The molecule has 1 aliphatic carbocycles. The molecule has 1 aliphatic rings. The highest BCUT2D eigenvalue weighted by molar-refractivity contribution is 5.76. The summed E-state index contributed by atoms with van der Waals surface area (Å²) in [7, 11) is 0. The van der Waals surface area contributed by atoms with Gasteiger partial charge < -0.3 is 5.32 Å². The number of aromatic nitrogens is 6. The Kier molecular flexibility index (Phi) is 4.70. The van der Waals surface area contributed by atoms with Crippen molar-refractivity contribution in [3.8, 4) is 5.69 Å². The van der Waals surface area contributed by atoms with Gasteiger partial charge in [-0.25, -0.2) is 9.36 Å². The number of amides is 1. The van der Waals surface area contributed by atoms with Crippen LogP contribution < -0.4 is 5.32 Å². The summed E-state index contributed by atoms with van der Waals surface area (Å²) in [6.07, 6.45) is 6.19. The van der Waals surface area contributed by atoms with Gasteiger partial charge in [0.1, 0.15) is 12.9 Å². The fourth-order valence-electron chi connectivity index (χ4n) is 3.67. The van der Waals surface area contributed by atoms with Crippen molar-refractivity contribution in [1.29, 1.82) is 0 Å². The van der Waals surface area contributed by atoms with Gasteiger partial charge in [-0.3, -0.25) is 4.79 Å². The van der Waals surface area contributed by atoms with Crippen molar-refractivity contribution in [1.82, 2.24) is 35.3 Å². The normalized spacial score (nSPS) is 16.6. The zero-order chi connectivity index (χ0) is 19.7. The molecule has 4 rings (SSSR count). The second kappa shape index (κ2) is 7.18. The van der Waals surface area contributed by atoms with Gasteiger partial charge in [-0.15, -0.1) is 5.10 Å². The second-order valence-corrected chi connectivity index (χ2v) is 8.28. The van der Waals surface area contributed by atoms with E-state index in [2.05, 4.69) is 71.0 Å². The van der Waals surface area contributed by atoms with Crippen LogP contribution in [0.15, 0.2) is 36.8 Å². The number of rotatable bonds is 4. The summed E-state index contributed by atoms with van der Waals surface area (Å²) in [6, 6.07) is 8.53. The molecule has 1 unspecified atom stereocenters. The van der Waals surface area contributed by atoms with E-state index in [1.165, 1.54) is 22.3 Å². The van der Waals surface area contributed by atoms with E-state index in [4.69, 9.17) is 0 Å². The molecular weight excluding hydrogens is 354 g/mol. The van der Waals surface area contributed by atoms with E-state index in [1.54, 1.807) is 0 Å². The first kappa shape index (κ1) is 18.3. The molecule has 0 aliphatic heterocycles. The Hall–Kier alpha value is -3.03. The molecule has 3 aromatic rings. The van der Waals surface area contributed by atoms with Gasteiger partial charge in [-0.1, -0.05) is 32.9 Å². The number of benzene rings is 1. The molecule has 146 valence electrons. The molecule has 0 fully saturated rings. The molecule has 0 saturated carbocycles. The van der Waals surface area contributed by atoms with Crippen LogP contribution in [0.1, 0.15) is 56.5 Å². The Bertz CT molecular complexity index is 952. The monoisotopic (exact) mass is 379 g/mol. The predicted octanol–water partition coefficient (Wildman–Crippen LogP) is 2.35. The van der Waals surface area contributed by atoms with Crippen LogP contribution in [-0.2, 0) is 23.2 Å². The molecule has 1 atom stereocenters. The molecule has 1 amide bonds. The van der Waals surface area contributed by atoms with E-state index < -0.39 is 0 Å². The van der Waals surface area contributed by atoms with Crippen LogP contribution in [0, 0.1) is 0 Å². The zero-order valence-corrected chi connectivity index (χ0v) is 16.5. The number of carbonyl (C=O) groups excluding carboxylic acids is 1. The highest BCUT2D eigenvalue weighted by Gasteiger charge is 2.26. The number of nitrogens with zero attached hydrogens (tertiary/aromatic N) is 6. The van der Waals surface area contributed by atoms with Gasteiger partial charge in [0.05, 0.1) is 17.9 Å². The summed E-state index contributed by atoms with van der Waals surface area (Å²) in [5.74, 6) is -0.104. The first-order valence-corrected chi connectivity index (χ1v) is 9.59. The van der Waals surface area contributed by atoms with E-state index in [1.807, 2.05) is 10.9 Å². The van der Waals surface area contributed by atoms with Crippen molar-refractivity contribution >= 4 is 5.91 Å². The van der Waals surface area contributed by atoms with Gasteiger partial charge >= 0.3 is 0 Å². The van der Waals surface area contributed by atoms with Crippen LogP contribution in [0.3, 0.4) is 0 Å². The van der Waals surface area contributed by atoms with Crippen LogP contribution >= 0.6 is 0 Å². The molecular formula is C20H25N7O. The number of hydrogen-bond acceptors (Lipinski definition) is 5. The molecule has 2 heterocycles. The maximum absolute atomic E-state index is 12.3. The average Bonchev–Trinajstić information content (AvgIpc) is 3.31. The van der Waals surface area contributed by atoms with Gasteiger partial charge in [-0.05, 0) is 52.8 Å². The molecule has 0 saturated heterocycles. The molecule has 0 spiro atoms. The summed E-state index contributed by atoms with van der Waals surface area (Å²) in [5, 5.41) is 18.6. The average molecular weight is 379 g/mol. The number of nitrogens with one attached hydrogen (secondary N) is 1. The topological polar surface area (TPSA) is 90.5 Å². The maximum Gasteiger partial charge on any atom is 0.242 e. The van der Waals surface area contributed by atoms with Gasteiger partial charge in [0.25, 0.3) is 0 Å². The summed E-state index contributed by atoms with van der Waals surface area (Å²) in [4.78, 5) is 12.3. The van der Waals surface area contributed by atoms with E-state index in [0.29, 0.717) is 0 Å². The van der Waals surface area contributed by atoms with Crippen molar-refractivity contribution < 1.29 is 4.79 Å². The molecule has 1 aromatic carbocycles. The van der Waals surface area contributed by atoms with Crippen molar-refractivity contribution in [2.24, 2.45) is 0 Å². The Morgan fingerprint density at radius 2 is 2.04 bits per heavy atom. The second-order valence-electron chi connectivity index (χ2n) is 8.28. The molecule has 8 nitrogen and oxygen atoms in total. The van der Waals surface area contributed by atoms with Gasteiger partial charge in [0.15, 0.2) is 0 Å². The number of tetrazole rings is 1. The summed E-state index contributed by atoms with van der Waals surface area (Å²) >= 11 is 0. The SMILES string of the molecule is CC(C)(C)c1ccc(-n2ncc3c2CCCC3NC(=O)Cn2cnnn2)cc1. The Labute approximate surface area is 163 Å². The number of hydrogen-bond donors (Lipinski definition) is 1. The third kappa shape index (κ3) is 3.67. The predicted molar refractivity (Wildman–Crippen MR) is 104 cm³/mol. The first-order chi connectivity index (χ1) is 13.4.